The molecule has 0 bridgehead atoms. The molecule has 3 heterocycles. The van der Waals surface area contributed by atoms with Crippen LogP contribution in [0.25, 0.3) is 10.9 Å². The summed E-state index contributed by atoms with van der Waals surface area (Å²) < 4.78 is 22.8. The summed E-state index contributed by atoms with van der Waals surface area (Å²) in [7, 11) is 1.48. The molecule has 3 fully saturated rings. The predicted molar refractivity (Wildman–Crippen MR) is 108 cm³/mol. The first kappa shape index (κ1) is 22.2. The Morgan fingerprint density at radius 2 is 2.10 bits per heavy atom. The van der Waals surface area contributed by atoms with E-state index in [0.29, 0.717) is 35.5 Å². The number of pyridine rings is 1. The largest absolute Gasteiger partial charge is 1.00 e. The standard InChI is InChI=1S/C21H24FN3O4.K.H/c1-29-20-17-13(19(26)14(21(27)28)9-25(17)12-4-5-12)7-15(22)18(20)24-8-11-3-2-6-23-16(11)10-24;;/h7,9,11-12,16,23H,2-6,8,10H2,1H3,(H,27,28);;/q;+1;-1/t11-,16+;;/m0../s1. The number of benzene rings is 1. The molecule has 1 aromatic heterocycles. The quantitative estimate of drug-likeness (QED) is 0.622. The Balaban J connectivity index is 0.00000136. The van der Waals surface area contributed by atoms with E-state index < -0.39 is 17.2 Å². The number of anilines is 1. The van der Waals surface area contributed by atoms with Crippen molar-refractivity contribution in [1.82, 2.24) is 9.88 Å². The molecular weight excluding hydrogens is 416 g/mol. The van der Waals surface area contributed by atoms with Crippen molar-refractivity contribution < 1.29 is 71.8 Å². The van der Waals surface area contributed by atoms with Crippen LogP contribution < -0.4 is 71.8 Å². The van der Waals surface area contributed by atoms with Gasteiger partial charge in [0.05, 0.1) is 18.0 Å². The molecule has 5 rings (SSSR count). The number of aromatic carboxylic acids is 1. The first-order valence-electron chi connectivity index (χ1n) is 10.2. The average molecular weight is 442 g/mol. The predicted octanol–water partition coefficient (Wildman–Crippen LogP) is -0.513. The minimum atomic E-state index is -1.30. The van der Waals surface area contributed by atoms with Crippen molar-refractivity contribution in [3.8, 4) is 5.75 Å². The van der Waals surface area contributed by atoms with Gasteiger partial charge in [0.25, 0.3) is 0 Å². The van der Waals surface area contributed by atoms with Crippen molar-refractivity contribution in [2.75, 3.05) is 31.6 Å². The van der Waals surface area contributed by atoms with Crippen LogP contribution in [0.2, 0.25) is 0 Å². The number of methoxy groups -OCH3 is 1. The second-order valence-electron chi connectivity index (χ2n) is 8.32. The van der Waals surface area contributed by atoms with E-state index in [2.05, 4.69) is 5.32 Å². The summed E-state index contributed by atoms with van der Waals surface area (Å²) in [6.45, 7) is 2.40. The Labute approximate surface area is 217 Å². The van der Waals surface area contributed by atoms with Gasteiger partial charge in [-0.3, -0.25) is 4.79 Å². The Morgan fingerprint density at radius 3 is 2.73 bits per heavy atom. The van der Waals surface area contributed by atoms with Crippen LogP contribution in [-0.4, -0.2) is 48.4 Å². The van der Waals surface area contributed by atoms with Crippen LogP contribution in [0, 0.1) is 11.7 Å². The second-order valence-corrected chi connectivity index (χ2v) is 8.32. The van der Waals surface area contributed by atoms with Crippen LogP contribution in [0.1, 0.15) is 43.5 Å². The summed E-state index contributed by atoms with van der Waals surface area (Å²) in [5.74, 6) is -1.07. The van der Waals surface area contributed by atoms with Crippen LogP contribution >= 0.6 is 0 Å². The van der Waals surface area contributed by atoms with Crippen LogP contribution in [0.3, 0.4) is 0 Å². The molecule has 0 amide bonds. The molecule has 1 aliphatic carbocycles. The number of rotatable bonds is 4. The third kappa shape index (κ3) is 3.63. The molecule has 2 atom stereocenters. The van der Waals surface area contributed by atoms with Gasteiger partial charge in [0.2, 0.25) is 5.43 Å². The zero-order chi connectivity index (χ0) is 20.3. The summed E-state index contributed by atoms with van der Waals surface area (Å²) in [5.41, 5.74) is -0.155. The minimum Gasteiger partial charge on any atom is -1.00 e. The third-order valence-corrected chi connectivity index (χ3v) is 6.49. The van der Waals surface area contributed by atoms with Gasteiger partial charge in [-0.1, -0.05) is 0 Å². The van der Waals surface area contributed by atoms with Gasteiger partial charge in [0.15, 0.2) is 11.6 Å². The zero-order valence-corrected chi connectivity index (χ0v) is 20.4. The van der Waals surface area contributed by atoms with Crippen molar-refractivity contribution >= 4 is 22.6 Å². The maximum atomic E-state index is 15.3. The minimum absolute atomic E-state index is 0. The number of ether oxygens (including phenoxy) is 1. The number of hydrogen-bond acceptors (Lipinski definition) is 5. The number of halogens is 1. The van der Waals surface area contributed by atoms with E-state index in [0.717, 1.165) is 38.8 Å². The second kappa shape index (κ2) is 8.52. The van der Waals surface area contributed by atoms with E-state index in [4.69, 9.17) is 4.74 Å². The van der Waals surface area contributed by atoms with Gasteiger partial charge in [-0.2, -0.15) is 0 Å². The molecular formula is C21H25FKN3O4. The molecule has 2 N–H and O–H groups in total. The number of carbonyl (C=O) groups is 1. The van der Waals surface area contributed by atoms with Gasteiger partial charge in [-0.05, 0) is 44.2 Å². The van der Waals surface area contributed by atoms with Crippen molar-refractivity contribution in [3.05, 3.63) is 33.9 Å². The Bertz CT molecular complexity index is 1060. The summed E-state index contributed by atoms with van der Waals surface area (Å²) >= 11 is 0. The molecule has 0 spiro atoms. The van der Waals surface area contributed by atoms with E-state index >= 15 is 4.39 Å². The van der Waals surface area contributed by atoms with E-state index in [1.165, 1.54) is 19.4 Å². The first-order valence-corrected chi connectivity index (χ1v) is 10.2. The molecule has 2 aliphatic heterocycles. The summed E-state index contributed by atoms with van der Waals surface area (Å²) in [5, 5.41) is 13.0. The van der Waals surface area contributed by atoms with Crippen molar-refractivity contribution in [2.45, 2.75) is 37.8 Å². The molecule has 2 aromatic rings. The molecule has 2 saturated heterocycles. The fourth-order valence-corrected chi connectivity index (χ4v) is 4.95. The molecule has 30 heavy (non-hydrogen) atoms. The van der Waals surface area contributed by atoms with Gasteiger partial charge < -0.3 is 26.1 Å². The van der Waals surface area contributed by atoms with Crippen LogP contribution in [-0.2, 0) is 0 Å². The fraction of sp³-hybridized carbons (Fsp3) is 0.524. The summed E-state index contributed by atoms with van der Waals surface area (Å²) in [6, 6.07) is 1.62. The number of nitrogens with zero attached hydrogens (tertiary/aromatic N) is 2. The van der Waals surface area contributed by atoms with Crippen molar-refractivity contribution in [2.24, 2.45) is 5.92 Å². The first-order chi connectivity index (χ1) is 14.0. The van der Waals surface area contributed by atoms with E-state index in [1.54, 1.807) is 4.57 Å². The van der Waals surface area contributed by atoms with Crippen LogP contribution in [0.5, 0.6) is 5.75 Å². The molecule has 0 radical (unpaired) electrons. The maximum absolute atomic E-state index is 15.3. The number of aromatic nitrogens is 1. The Hall–Kier alpha value is -0.974. The maximum Gasteiger partial charge on any atom is 1.00 e. The number of piperidine rings is 1. The van der Waals surface area contributed by atoms with Gasteiger partial charge >= 0.3 is 57.4 Å². The fourth-order valence-electron chi connectivity index (χ4n) is 4.95. The molecule has 3 aliphatic rings. The molecule has 7 nitrogen and oxygen atoms in total. The smallest absolute Gasteiger partial charge is 1.00 e. The third-order valence-electron chi connectivity index (χ3n) is 6.49. The summed E-state index contributed by atoms with van der Waals surface area (Å²) in [4.78, 5) is 26.4. The number of nitrogens with one attached hydrogen (secondary N) is 1. The van der Waals surface area contributed by atoms with Crippen molar-refractivity contribution in [3.63, 3.8) is 0 Å². The van der Waals surface area contributed by atoms with E-state index in [9.17, 15) is 14.7 Å². The molecule has 9 heteroatoms. The SMILES string of the molecule is COc1c(N2C[C@@H]3CCCN[C@@H]3C2)c(F)cc2c(=O)c(C(=O)O)cn(C3CC3)c12.[H-].[K+]. The number of carboxylic acids is 1. The topological polar surface area (TPSA) is 83.8 Å². The number of fused-ring (bicyclic) bond motifs is 2. The molecule has 0 unspecified atom stereocenters. The van der Waals surface area contributed by atoms with E-state index in [-0.39, 0.29) is 69.8 Å². The number of carboxylic acid groups (broad SMARTS) is 1. The normalized spacial score (nSPS) is 23.2. The van der Waals surface area contributed by atoms with Crippen LogP contribution in [0.4, 0.5) is 10.1 Å². The van der Waals surface area contributed by atoms with Gasteiger partial charge in [0, 0.05) is 31.4 Å². The Kier molecular flexibility index (Phi) is 6.31. The molecule has 1 aromatic carbocycles. The summed E-state index contributed by atoms with van der Waals surface area (Å²) in [6.07, 6.45) is 5.40. The molecule has 156 valence electrons. The van der Waals surface area contributed by atoms with E-state index in [1.807, 2.05) is 4.90 Å². The number of hydrogen-bond donors (Lipinski definition) is 2. The van der Waals surface area contributed by atoms with Gasteiger partial charge in [-0.15, -0.1) is 0 Å². The van der Waals surface area contributed by atoms with Gasteiger partial charge in [-0.25, -0.2) is 9.18 Å². The average Bonchev–Trinajstić information content (AvgIpc) is 3.45. The van der Waals surface area contributed by atoms with Crippen LogP contribution in [0.15, 0.2) is 17.1 Å². The zero-order valence-electron chi connectivity index (χ0n) is 18.3. The monoisotopic (exact) mass is 441 g/mol. The van der Waals surface area contributed by atoms with Gasteiger partial charge in [0.1, 0.15) is 11.3 Å². The molecule has 1 saturated carbocycles. The van der Waals surface area contributed by atoms with Crippen molar-refractivity contribution in [1.29, 1.82) is 0 Å². The Morgan fingerprint density at radius 1 is 1.33 bits per heavy atom.